The Bertz CT molecular complexity index is 1790. The number of nitrogens with one attached hydrogen (secondary N) is 2. The highest BCUT2D eigenvalue weighted by atomic mass is 35.5. The molecule has 4 aromatic rings. The van der Waals surface area contributed by atoms with Crippen LogP contribution < -0.4 is 20.7 Å². The highest BCUT2D eigenvalue weighted by Gasteiger charge is 2.27. The van der Waals surface area contributed by atoms with Crippen LogP contribution in [0.15, 0.2) is 65.5 Å². The van der Waals surface area contributed by atoms with Crippen molar-refractivity contribution in [3.63, 3.8) is 0 Å². The van der Waals surface area contributed by atoms with Gasteiger partial charge in [-0.2, -0.15) is 0 Å². The first-order chi connectivity index (χ1) is 24.3. The van der Waals surface area contributed by atoms with Gasteiger partial charge in [0.25, 0.3) is 11.5 Å². The molecule has 0 saturated carbocycles. The van der Waals surface area contributed by atoms with Crippen molar-refractivity contribution in [1.29, 1.82) is 0 Å². The number of para-hydroxylation sites is 1. The van der Waals surface area contributed by atoms with Crippen molar-refractivity contribution in [2.45, 2.75) is 110 Å². The normalized spacial score (nSPS) is 12.2. The number of hydrogen-bond donors (Lipinski definition) is 3. The van der Waals surface area contributed by atoms with Crippen LogP contribution in [0.2, 0.25) is 20.1 Å². The number of halogens is 4. The van der Waals surface area contributed by atoms with Crippen LogP contribution in [0, 0.1) is 0 Å². The van der Waals surface area contributed by atoms with Crippen molar-refractivity contribution >= 4 is 63.8 Å². The van der Waals surface area contributed by atoms with Crippen LogP contribution in [0.1, 0.15) is 104 Å². The quantitative estimate of drug-likeness (QED) is 0.0690. The zero-order valence-corrected chi connectivity index (χ0v) is 32.7. The molecule has 1 atom stereocenters. The topological polar surface area (TPSA) is 99.6 Å². The first-order valence-electron chi connectivity index (χ1n) is 17.6. The summed E-state index contributed by atoms with van der Waals surface area (Å²) in [5.74, 6) is 0.360. The van der Waals surface area contributed by atoms with Crippen LogP contribution >= 0.6 is 46.4 Å². The lowest BCUT2D eigenvalue weighted by Gasteiger charge is -2.28. The van der Waals surface area contributed by atoms with E-state index in [1.165, 1.54) is 66.4 Å². The largest absolute Gasteiger partial charge is 0.508 e. The number of anilines is 2. The zero-order chi connectivity index (χ0) is 37.1. The maximum atomic E-state index is 14.2. The molecule has 0 saturated heterocycles. The molecule has 1 aromatic heterocycles. The number of carbonyl (C=O) groups excluding carboxylic acids is 1. The number of hydrazine groups is 1. The summed E-state index contributed by atoms with van der Waals surface area (Å²) < 4.78 is 7.56. The number of benzene rings is 3. The number of nitrogens with zero attached hydrogens (tertiary/aromatic N) is 2. The molecule has 0 aliphatic rings. The van der Waals surface area contributed by atoms with Crippen LogP contribution in [-0.4, -0.2) is 26.9 Å². The summed E-state index contributed by atoms with van der Waals surface area (Å²) >= 11 is 25.7. The third kappa shape index (κ3) is 11.3. The van der Waals surface area contributed by atoms with Gasteiger partial charge < -0.3 is 9.84 Å². The number of ether oxygens (including phenoxy) is 1. The average molecular weight is 779 g/mol. The Hall–Kier alpha value is -3.30. The molecule has 0 radical (unpaired) electrons. The van der Waals surface area contributed by atoms with Gasteiger partial charge in [0.1, 0.15) is 17.2 Å². The molecule has 1 heterocycles. The lowest BCUT2D eigenvalue weighted by molar-refractivity contribution is -0.128. The van der Waals surface area contributed by atoms with Gasteiger partial charge in [-0.3, -0.25) is 20.1 Å². The number of rotatable bonds is 18. The number of H-pyrrole nitrogens is 1. The number of phenolic OH excluding ortho intramolecular Hbond substituents is 1. The van der Waals surface area contributed by atoms with E-state index in [2.05, 4.69) is 17.4 Å². The predicted molar refractivity (Wildman–Crippen MR) is 211 cm³/mol. The van der Waals surface area contributed by atoms with E-state index in [1.54, 1.807) is 42.5 Å². The van der Waals surface area contributed by atoms with Crippen molar-refractivity contribution in [3.8, 4) is 17.2 Å². The van der Waals surface area contributed by atoms with Gasteiger partial charge in [0, 0.05) is 16.7 Å². The standard InChI is InChI=1S/C39H48Cl4N4O4/c1-5-6-7-8-9-10-11-12-13-14-19-34(51-27-20-21-33(48)28(24-27)39(2,3)4)38(50)45-46(32-18-16-15-17-29(32)41)35-25-36(49)47(44-35)37-30(42)22-26(40)23-31(37)43/h15-18,20-25,34,44,48H,5-14,19H2,1-4H3,(H,45,50). The summed E-state index contributed by atoms with van der Waals surface area (Å²) in [6, 6.07) is 16.2. The van der Waals surface area contributed by atoms with Crippen LogP contribution in [-0.2, 0) is 10.2 Å². The molecule has 0 spiro atoms. The number of aromatic nitrogens is 2. The highest BCUT2D eigenvalue weighted by Crippen LogP contribution is 2.35. The molecule has 4 rings (SSSR count). The van der Waals surface area contributed by atoms with Gasteiger partial charge in [-0.25, -0.2) is 9.69 Å². The van der Waals surface area contributed by atoms with E-state index in [-0.39, 0.29) is 32.7 Å². The minimum absolute atomic E-state index is 0.157. The van der Waals surface area contributed by atoms with Crippen LogP contribution in [0.4, 0.5) is 11.5 Å². The number of phenols is 1. The molecule has 12 heteroatoms. The molecular formula is C39H48Cl4N4O4. The lowest BCUT2D eigenvalue weighted by atomic mass is 9.86. The van der Waals surface area contributed by atoms with Gasteiger partial charge >= 0.3 is 0 Å². The second kappa shape index (κ2) is 19.0. The monoisotopic (exact) mass is 776 g/mol. The van der Waals surface area contributed by atoms with Crippen molar-refractivity contribution in [2.75, 3.05) is 5.01 Å². The minimum atomic E-state index is -0.907. The number of hydrogen-bond acceptors (Lipinski definition) is 5. The van der Waals surface area contributed by atoms with Crippen LogP contribution in [0.5, 0.6) is 11.5 Å². The number of amides is 1. The number of aromatic hydroxyl groups is 1. The summed E-state index contributed by atoms with van der Waals surface area (Å²) in [6.07, 6.45) is 11.1. The molecule has 0 aliphatic heterocycles. The Balaban J connectivity index is 1.61. The molecule has 0 aliphatic carbocycles. The van der Waals surface area contributed by atoms with Crippen molar-refractivity contribution in [1.82, 2.24) is 15.2 Å². The van der Waals surface area contributed by atoms with E-state index in [9.17, 15) is 14.7 Å². The highest BCUT2D eigenvalue weighted by molar-refractivity contribution is 6.40. The first kappa shape index (κ1) is 40.5. The summed E-state index contributed by atoms with van der Waals surface area (Å²) in [5.41, 5.74) is 3.42. The van der Waals surface area contributed by atoms with E-state index in [4.69, 9.17) is 51.1 Å². The number of aromatic amines is 1. The molecule has 3 aromatic carbocycles. The molecule has 3 N–H and O–H groups in total. The molecule has 8 nitrogen and oxygen atoms in total. The van der Waals surface area contributed by atoms with E-state index in [1.807, 2.05) is 20.8 Å². The zero-order valence-electron chi connectivity index (χ0n) is 29.7. The summed E-state index contributed by atoms with van der Waals surface area (Å²) in [7, 11) is 0. The molecular weight excluding hydrogens is 730 g/mol. The predicted octanol–water partition coefficient (Wildman–Crippen LogP) is 11.7. The molecule has 1 unspecified atom stereocenters. The van der Waals surface area contributed by atoms with E-state index < -0.39 is 17.6 Å². The number of carbonyl (C=O) groups is 1. The third-order valence-electron chi connectivity index (χ3n) is 8.64. The van der Waals surface area contributed by atoms with Gasteiger partial charge in [-0.1, -0.05) is 144 Å². The summed E-state index contributed by atoms with van der Waals surface area (Å²) in [6.45, 7) is 8.22. The van der Waals surface area contributed by atoms with E-state index in [0.717, 1.165) is 25.7 Å². The first-order valence-corrected chi connectivity index (χ1v) is 19.1. The van der Waals surface area contributed by atoms with Crippen molar-refractivity contribution in [2.24, 2.45) is 0 Å². The minimum Gasteiger partial charge on any atom is -0.508 e. The van der Waals surface area contributed by atoms with Crippen LogP contribution in [0.25, 0.3) is 5.69 Å². The summed E-state index contributed by atoms with van der Waals surface area (Å²) in [5, 5.41) is 15.9. The van der Waals surface area contributed by atoms with E-state index >= 15 is 0 Å². The molecule has 0 fully saturated rings. The fourth-order valence-corrected chi connectivity index (χ4v) is 7.10. The molecule has 51 heavy (non-hydrogen) atoms. The van der Waals surface area contributed by atoms with Gasteiger partial charge in [-0.05, 0) is 60.7 Å². The third-order valence-corrected chi connectivity index (χ3v) is 9.75. The van der Waals surface area contributed by atoms with Gasteiger partial charge in [-0.15, -0.1) is 0 Å². The number of unbranched alkanes of at least 4 members (excludes halogenated alkanes) is 9. The fourth-order valence-electron chi connectivity index (χ4n) is 5.89. The molecule has 1 amide bonds. The fraction of sp³-hybridized carbons (Fsp3) is 0.436. The second-order valence-corrected chi connectivity index (χ2v) is 15.5. The second-order valence-electron chi connectivity index (χ2n) is 13.8. The SMILES string of the molecule is CCCCCCCCCCCCC(Oc1ccc(O)c(C(C)(C)C)c1)C(=O)NN(c1cc(=O)n(-c2c(Cl)cc(Cl)cc2Cl)[nH]1)c1ccccc1Cl. The maximum absolute atomic E-state index is 14.2. The molecule has 276 valence electrons. The Kier molecular flexibility index (Phi) is 15.1. The average Bonchev–Trinajstić information content (AvgIpc) is 3.44. The van der Waals surface area contributed by atoms with Crippen molar-refractivity contribution < 1.29 is 14.6 Å². The van der Waals surface area contributed by atoms with Crippen LogP contribution in [0.3, 0.4) is 0 Å². The Morgan fingerprint density at radius 2 is 1.47 bits per heavy atom. The van der Waals surface area contributed by atoms with Crippen molar-refractivity contribution in [3.05, 3.63) is 96.7 Å². The Labute approximate surface area is 321 Å². The van der Waals surface area contributed by atoms with Gasteiger partial charge in [0.15, 0.2) is 11.9 Å². The lowest BCUT2D eigenvalue weighted by Crippen LogP contribution is -2.47. The Morgan fingerprint density at radius 1 is 0.863 bits per heavy atom. The summed E-state index contributed by atoms with van der Waals surface area (Å²) in [4.78, 5) is 27.6. The molecule has 0 bridgehead atoms. The van der Waals surface area contributed by atoms with Gasteiger partial charge in [0.05, 0.1) is 20.8 Å². The smallest absolute Gasteiger partial charge is 0.279 e. The van der Waals surface area contributed by atoms with E-state index in [0.29, 0.717) is 33.5 Å². The maximum Gasteiger partial charge on any atom is 0.279 e. The van der Waals surface area contributed by atoms with Gasteiger partial charge in [0.2, 0.25) is 0 Å². The Morgan fingerprint density at radius 3 is 2.08 bits per heavy atom.